The predicted octanol–water partition coefficient (Wildman–Crippen LogP) is 3.23. The van der Waals surface area contributed by atoms with E-state index >= 15 is 0 Å². The molecule has 3 rings (SSSR count). The lowest BCUT2D eigenvalue weighted by Crippen LogP contribution is -2.32. The molecule has 2 N–H and O–H groups in total. The number of ether oxygens (including phenoxy) is 3. The van der Waals surface area contributed by atoms with Crippen LogP contribution in [0.5, 0.6) is 17.2 Å². The smallest absolute Gasteiger partial charge is 0.319 e. The fraction of sp³-hybridized carbons (Fsp3) is 0.278. The van der Waals surface area contributed by atoms with Crippen molar-refractivity contribution in [1.29, 1.82) is 0 Å². The summed E-state index contributed by atoms with van der Waals surface area (Å²) in [6.45, 7) is 5.03. The van der Waals surface area contributed by atoms with Gasteiger partial charge in [0.15, 0.2) is 11.5 Å². The van der Waals surface area contributed by atoms with Gasteiger partial charge in [0.25, 0.3) is 0 Å². The normalized spacial score (nSPS) is 11.9. The molecule has 0 saturated heterocycles. The Morgan fingerprint density at radius 2 is 1.96 bits per heavy atom. The van der Waals surface area contributed by atoms with Crippen LogP contribution in [0.2, 0.25) is 0 Å². The van der Waals surface area contributed by atoms with Crippen molar-refractivity contribution in [3.63, 3.8) is 0 Å². The van der Waals surface area contributed by atoms with E-state index in [1.54, 1.807) is 18.2 Å². The molecule has 1 heterocycles. The lowest BCUT2D eigenvalue weighted by molar-refractivity contribution is 0.174. The van der Waals surface area contributed by atoms with Crippen LogP contribution in [0.1, 0.15) is 11.1 Å². The molecule has 1 aliphatic heterocycles. The number of carbonyl (C=O) groups excluding carboxylic acids is 1. The zero-order chi connectivity index (χ0) is 16.9. The Morgan fingerprint density at radius 1 is 1.12 bits per heavy atom. The Hall–Kier alpha value is -2.89. The van der Waals surface area contributed by atoms with Gasteiger partial charge in [-0.25, -0.2) is 4.79 Å². The van der Waals surface area contributed by atoms with E-state index < -0.39 is 0 Å². The van der Waals surface area contributed by atoms with Gasteiger partial charge in [-0.3, -0.25) is 0 Å². The number of carbonyl (C=O) groups is 1. The van der Waals surface area contributed by atoms with Crippen molar-refractivity contribution in [3.8, 4) is 17.2 Å². The first-order valence-electron chi connectivity index (χ1n) is 7.76. The van der Waals surface area contributed by atoms with Crippen LogP contribution in [0.3, 0.4) is 0 Å². The van der Waals surface area contributed by atoms with Gasteiger partial charge in [0.1, 0.15) is 12.4 Å². The van der Waals surface area contributed by atoms with Crippen LogP contribution in [-0.2, 0) is 0 Å². The molecule has 0 bridgehead atoms. The second-order valence-electron chi connectivity index (χ2n) is 5.57. The highest BCUT2D eigenvalue weighted by atomic mass is 16.7. The van der Waals surface area contributed by atoms with Crippen LogP contribution in [0.25, 0.3) is 0 Å². The molecule has 0 aromatic heterocycles. The SMILES string of the molecule is Cc1ccc(C)c(OCCNC(=O)Nc2ccc3c(c2)OCO3)c1. The van der Waals surface area contributed by atoms with Gasteiger partial charge in [0, 0.05) is 11.8 Å². The molecule has 0 spiro atoms. The summed E-state index contributed by atoms with van der Waals surface area (Å²) in [6, 6.07) is 11.0. The van der Waals surface area contributed by atoms with E-state index in [-0.39, 0.29) is 12.8 Å². The van der Waals surface area contributed by atoms with Crippen molar-refractivity contribution in [2.24, 2.45) is 0 Å². The maximum absolute atomic E-state index is 11.9. The molecule has 6 nitrogen and oxygen atoms in total. The van der Waals surface area contributed by atoms with E-state index in [0.717, 1.165) is 16.9 Å². The minimum Gasteiger partial charge on any atom is -0.491 e. The topological polar surface area (TPSA) is 68.8 Å². The summed E-state index contributed by atoms with van der Waals surface area (Å²) in [5.41, 5.74) is 2.86. The van der Waals surface area contributed by atoms with Crippen molar-refractivity contribution < 1.29 is 19.0 Å². The monoisotopic (exact) mass is 328 g/mol. The Bertz CT molecular complexity index is 746. The first-order chi connectivity index (χ1) is 11.6. The molecular weight excluding hydrogens is 308 g/mol. The maximum Gasteiger partial charge on any atom is 0.319 e. The second-order valence-corrected chi connectivity index (χ2v) is 5.57. The number of benzene rings is 2. The van der Waals surface area contributed by atoms with E-state index in [1.807, 2.05) is 32.0 Å². The summed E-state index contributed by atoms with van der Waals surface area (Å²) in [5.74, 6) is 2.15. The quantitative estimate of drug-likeness (QED) is 0.827. The molecule has 1 aliphatic rings. The molecule has 126 valence electrons. The van der Waals surface area contributed by atoms with Crippen LogP contribution < -0.4 is 24.8 Å². The lowest BCUT2D eigenvalue weighted by Gasteiger charge is -2.11. The highest BCUT2D eigenvalue weighted by Gasteiger charge is 2.13. The lowest BCUT2D eigenvalue weighted by atomic mass is 10.1. The van der Waals surface area contributed by atoms with E-state index in [0.29, 0.717) is 30.3 Å². The van der Waals surface area contributed by atoms with Crippen LogP contribution in [0, 0.1) is 13.8 Å². The zero-order valence-electron chi connectivity index (χ0n) is 13.7. The van der Waals surface area contributed by atoms with Crippen LogP contribution in [0.4, 0.5) is 10.5 Å². The van der Waals surface area contributed by atoms with Crippen molar-refractivity contribution in [2.45, 2.75) is 13.8 Å². The number of rotatable bonds is 5. The third-order valence-electron chi connectivity index (χ3n) is 3.62. The molecular formula is C18H20N2O4. The third-order valence-corrected chi connectivity index (χ3v) is 3.62. The van der Waals surface area contributed by atoms with Gasteiger partial charge in [0.05, 0.1) is 6.54 Å². The Balaban J connectivity index is 1.43. The Morgan fingerprint density at radius 3 is 2.83 bits per heavy atom. The number of anilines is 1. The summed E-state index contributed by atoms with van der Waals surface area (Å²) in [4.78, 5) is 11.9. The summed E-state index contributed by atoms with van der Waals surface area (Å²) < 4.78 is 16.2. The molecule has 0 unspecified atom stereocenters. The predicted molar refractivity (Wildman–Crippen MR) is 91.0 cm³/mol. The molecule has 0 radical (unpaired) electrons. The zero-order valence-corrected chi connectivity index (χ0v) is 13.7. The van der Waals surface area contributed by atoms with Gasteiger partial charge in [0.2, 0.25) is 6.79 Å². The summed E-state index contributed by atoms with van der Waals surface area (Å²) in [7, 11) is 0. The minimum absolute atomic E-state index is 0.209. The van der Waals surface area contributed by atoms with Crippen LogP contribution >= 0.6 is 0 Å². The molecule has 24 heavy (non-hydrogen) atoms. The fourth-order valence-corrected chi connectivity index (χ4v) is 2.34. The van der Waals surface area contributed by atoms with Gasteiger partial charge >= 0.3 is 6.03 Å². The molecule has 2 amide bonds. The Labute approximate surface area is 140 Å². The summed E-state index contributed by atoms with van der Waals surface area (Å²) >= 11 is 0. The van der Waals surface area contributed by atoms with Crippen LogP contribution in [-0.4, -0.2) is 26.0 Å². The molecule has 0 saturated carbocycles. The second kappa shape index (κ2) is 7.12. The molecule has 6 heteroatoms. The van der Waals surface area contributed by atoms with E-state index in [2.05, 4.69) is 10.6 Å². The van der Waals surface area contributed by atoms with Crippen LogP contribution in [0.15, 0.2) is 36.4 Å². The number of hydrogen-bond donors (Lipinski definition) is 2. The first kappa shape index (κ1) is 16.0. The van der Waals surface area contributed by atoms with Crippen molar-refractivity contribution in [1.82, 2.24) is 5.32 Å². The van der Waals surface area contributed by atoms with Gasteiger partial charge in [-0.2, -0.15) is 0 Å². The summed E-state index contributed by atoms with van der Waals surface area (Å²) in [6.07, 6.45) is 0. The number of urea groups is 1. The highest BCUT2D eigenvalue weighted by molar-refractivity contribution is 5.89. The highest BCUT2D eigenvalue weighted by Crippen LogP contribution is 2.34. The first-order valence-corrected chi connectivity index (χ1v) is 7.76. The average Bonchev–Trinajstić information content (AvgIpc) is 3.02. The molecule has 0 atom stereocenters. The molecule has 2 aromatic rings. The van der Waals surface area contributed by atoms with Gasteiger partial charge in [-0.1, -0.05) is 12.1 Å². The summed E-state index contributed by atoms with van der Waals surface area (Å²) in [5, 5.41) is 5.51. The Kier molecular flexibility index (Phi) is 4.74. The number of nitrogens with one attached hydrogen (secondary N) is 2. The van der Waals surface area contributed by atoms with Gasteiger partial charge in [-0.05, 0) is 43.2 Å². The molecule has 0 aliphatic carbocycles. The van der Waals surface area contributed by atoms with E-state index in [9.17, 15) is 4.79 Å². The van der Waals surface area contributed by atoms with Crippen molar-refractivity contribution in [2.75, 3.05) is 25.3 Å². The van der Waals surface area contributed by atoms with E-state index in [1.165, 1.54) is 0 Å². The number of hydrogen-bond acceptors (Lipinski definition) is 4. The number of aryl methyl sites for hydroxylation is 2. The molecule has 2 aromatic carbocycles. The average molecular weight is 328 g/mol. The molecule has 0 fully saturated rings. The third kappa shape index (κ3) is 3.90. The van der Waals surface area contributed by atoms with E-state index in [4.69, 9.17) is 14.2 Å². The maximum atomic E-state index is 11.9. The number of fused-ring (bicyclic) bond motifs is 1. The van der Waals surface area contributed by atoms with Crippen molar-refractivity contribution in [3.05, 3.63) is 47.5 Å². The van der Waals surface area contributed by atoms with Gasteiger partial charge < -0.3 is 24.8 Å². The van der Waals surface area contributed by atoms with Crippen molar-refractivity contribution >= 4 is 11.7 Å². The minimum atomic E-state index is -0.293. The standard InChI is InChI=1S/C18H20N2O4/c1-12-3-4-13(2)16(9-12)22-8-7-19-18(21)20-14-5-6-15-17(10-14)24-11-23-15/h3-6,9-10H,7-8,11H2,1-2H3,(H2,19,20,21). The number of amides is 2. The fourth-order valence-electron chi connectivity index (χ4n) is 2.34. The largest absolute Gasteiger partial charge is 0.491 e. The van der Waals surface area contributed by atoms with Gasteiger partial charge in [-0.15, -0.1) is 0 Å².